The number of halogens is 2. The van der Waals surface area contributed by atoms with Gasteiger partial charge in [0.25, 0.3) is 5.91 Å². The number of hydrogen-bond donors (Lipinski definition) is 2. The highest BCUT2D eigenvalue weighted by Gasteiger charge is 2.29. The highest BCUT2D eigenvalue weighted by molar-refractivity contribution is 7.89. The molecule has 0 spiro atoms. The fraction of sp³-hybridized carbons (Fsp3) is 0.235. The average molecular weight is 383 g/mol. The summed E-state index contributed by atoms with van der Waals surface area (Å²) in [6.45, 7) is 0.199. The van der Waals surface area contributed by atoms with Crippen molar-refractivity contribution >= 4 is 27.5 Å². The predicted molar refractivity (Wildman–Crippen MR) is 92.4 cm³/mol. The maximum absolute atomic E-state index is 12.9. The Kier molecular flexibility index (Phi) is 5.08. The molecule has 1 saturated carbocycles. The lowest BCUT2D eigenvalue weighted by molar-refractivity contribution is 0.0950. The summed E-state index contributed by atoms with van der Waals surface area (Å²) < 4.78 is 40.1. The van der Waals surface area contributed by atoms with Gasteiger partial charge in [0.05, 0.1) is 5.02 Å². The smallest absolute Gasteiger partial charge is 0.251 e. The molecule has 1 aliphatic rings. The first-order chi connectivity index (χ1) is 11.8. The van der Waals surface area contributed by atoms with Crippen LogP contribution in [0, 0.1) is 5.82 Å². The van der Waals surface area contributed by atoms with Crippen molar-refractivity contribution in [2.75, 3.05) is 0 Å². The summed E-state index contributed by atoms with van der Waals surface area (Å²) in [6.07, 6.45) is 1.60. The average Bonchev–Trinajstić information content (AvgIpc) is 3.37. The molecule has 0 bridgehead atoms. The van der Waals surface area contributed by atoms with Crippen LogP contribution in [0.5, 0.6) is 0 Å². The Morgan fingerprint density at radius 3 is 2.48 bits per heavy atom. The van der Waals surface area contributed by atoms with Crippen LogP contribution >= 0.6 is 11.6 Å². The van der Waals surface area contributed by atoms with E-state index in [4.69, 9.17) is 11.6 Å². The highest BCUT2D eigenvalue weighted by atomic mass is 35.5. The Hall–Kier alpha value is -1.96. The van der Waals surface area contributed by atoms with Crippen LogP contribution in [0.4, 0.5) is 4.39 Å². The second kappa shape index (κ2) is 7.11. The zero-order valence-electron chi connectivity index (χ0n) is 13.1. The van der Waals surface area contributed by atoms with Gasteiger partial charge in [-0.1, -0.05) is 23.7 Å². The van der Waals surface area contributed by atoms with Crippen LogP contribution in [0.25, 0.3) is 0 Å². The summed E-state index contributed by atoms with van der Waals surface area (Å²) >= 11 is 5.99. The molecule has 25 heavy (non-hydrogen) atoms. The first-order valence-corrected chi connectivity index (χ1v) is 9.56. The minimum Gasteiger partial charge on any atom is -0.348 e. The van der Waals surface area contributed by atoms with Crippen molar-refractivity contribution in [2.24, 2.45) is 0 Å². The molecule has 2 aromatic rings. The molecule has 3 rings (SSSR count). The van der Waals surface area contributed by atoms with Crippen LogP contribution in [0.15, 0.2) is 47.4 Å². The number of nitrogens with one attached hydrogen (secondary N) is 2. The third kappa shape index (κ3) is 4.56. The van der Waals surface area contributed by atoms with Gasteiger partial charge in [-0.2, -0.15) is 0 Å². The van der Waals surface area contributed by atoms with Crippen molar-refractivity contribution in [3.8, 4) is 0 Å². The molecular weight excluding hydrogens is 367 g/mol. The van der Waals surface area contributed by atoms with E-state index in [-0.39, 0.29) is 33.9 Å². The molecule has 2 N–H and O–H groups in total. The number of carbonyl (C=O) groups excluding carboxylic acids is 1. The summed E-state index contributed by atoms with van der Waals surface area (Å²) in [6, 6.07) is 9.77. The molecule has 0 unspecified atom stereocenters. The second-order valence-corrected chi connectivity index (χ2v) is 7.94. The Labute approximate surface area is 150 Å². The maximum Gasteiger partial charge on any atom is 0.251 e. The van der Waals surface area contributed by atoms with Gasteiger partial charge in [-0.05, 0) is 48.7 Å². The van der Waals surface area contributed by atoms with Gasteiger partial charge in [-0.25, -0.2) is 17.5 Å². The minimum absolute atomic E-state index is 0.0583. The van der Waals surface area contributed by atoms with E-state index in [2.05, 4.69) is 10.0 Å². The molecule has 0 saturated heterocycles. The van der Waals surface area contributed by atoms with Crippen LogP contribution in [0.1, 0.15) is 28.8 Å². The van der Waals surface area contributed by atoms with Gasteiger partial charge in [-0.3, -0.25) is 4.79 Å². The molecule has 0 atom stereocenters. The van der Waals surface area contributed by atoms with E-state index in [0.717, 1.165) is 18.4 Å². The molecule has 0 aromatic heterocycles. The SMILES string of the molecule is O=C(NCc1ccc(F)cc1)c1ccc(Cl)c(S(=O)(=O)NC2CC2)c1. The van der Waals surface area contributed by atoms with E-state index in [1.807, 2.05) is 0 Å². The molecule has 132 valence electrons. The molecule has 1 aliphatic carbocycles. The van der Waals surface area contributed by atoms with Gasteiger partial charge >= 0.3 is 0 Å². The van der Waals surface area contributed by atoms with Gasteiger partial charge < -0.3 is 5.32 Å². The van der Waals surface area contributed by atoms with E-state index in [0.29, 0.717) is 0 Å². The predicted octanol–water partition coefficient (Wildman–Crippen LogP) is 2.85. The lowest BCUT2D eigenvalue weighted by Crippen LogP contribution is -2.27. The third-order valence-corrected chi connectivity index (χ3v) is 5.75. The monoisotopic (exact) mass is 382 g/mol. The lowest BCUT2D eigenvalue weighted by Gasteiger charge is -2.10. The lowest BCUT2D eigenvalue weighted by atomic mass is 10.2. The van der Waals surface area contributed by atoms with E-state index < -0.39 is 15.9 Å². The van der Waals surface area contributed by atoms with Crippen LogP contribution in [0.3, 0.4) is 0 Å². The normalized spacial score (nSPS) is 14.3. The fourth-order valence-corrected chi connectivity index (χ4v) is 4.05. The Bertz CT molecular complexity index is 897. The van der Waals surface area contributed by atoms with E-state index in [9.17, 15) is 17.6 Å². The molecule has 2 aromatic carbocycles. The fourth-order valence-electron chi connectivity index (χ4n) is 2.22. The molecular formula is C17H16ClFN2O3S. The minimum atomic E-state index is -3.76. The van der Waals surface area contributed by atoms with Gasteiger partial charge in [0, 0.05) is 18.2 Å². The van der Waals surface area contributed by atoms with Crippen LogP contribution in [-0.2, 0) is 16.6 Å². The maximum atomic E-state index is 12.9. The summed E-state index contributed by atoms with van der Waals surface area (Å²) in [4.78, 5) is 12.2. The Balaban J connectivity index is 1.74. The molecule has 0 aliphatic heterocycles. The van der Waals surface area contributed by atoms with Crippen LogP contribution in [0.2, 0.25) is 5.02 Å². The molecule has 0 heterocycles. The molecule has 1 amide bonds. The highest BCUT2D eigenvalue weighted by Crippen LogP contribution is 2.26. The molecule has 0 radical (unpaired) electrons. The van der Waals surface area contributed by atoms with Crippen molar-refractivity contribution in [3.63, 3.8) is 0 Å². The quantitative estimate of drug-likeness (QED) is 0.806. The van der Waals surface area contributed by atoms with Crippen LogP contribution < -0.4 is 10.0 Å². The number of sulfonamides is 1. The van der Waals surface area contributed by atoms with Crippen molar-refractivity contribution in [1.82, 2.24) is 10.0 Å². The van der Waals surface area contributed by atoms with Crippen molar-refractivity contribution in [3.05, 3.63) is 64.4 Å². The molecule has 8 heteroatoms. The van der Waals surface area contributed by atoms with E-state index in [1.165, 1.54) is 30.3 Å². The van der Waals surface area contributed by atoms with Crippen molar-refractivity contribution in [2.45, 2.75) is 30.3 Å². The Morgan fingerprint density at radius 1 is 1.16 bits per heavy atom. The number of benzene rings is 2. The largest absolute Gasteiger partial charge is 0.348 e. The Morgan fingerprint density at radius 2 is 1.84 bits per heavy atom. The topological polar surface area (TPSA) is 75.3 Å². The van der Waals surface area contributed by atoms with Gasteiger partial charge in [0.1, 0.15) is 10.7 Å². The molecule has 1 fully saturated rings. The zero-order chi connectivity index (χ0) is 18.0. The van der Waals surface area contributed by atoms with E-state index >= 15 is 0 Å². The number of hydrogen-bond acceptors (Lipinski definition) is 3. The van der Waals surface area contributed by atoms with Crippen molar-refractivity contribution in [1.29, 1.82) is 0 Å². The van der Waals surface area contributed by atoms with Crippen molar-refractivity contribution < 1.29 is 17.6 Å². The number of carbonyl (C=O) groups is 1. The summed E-state index contributed by atoms with van der Waals surface area (Å²) in [5.74, 6) is -0.797. The summed E-state index contributed by atoms with van der Waals surface area (Å²) in [5.41, 5.74) is 0.912. The second-order valence-electron chi connectivity index (χ2n) is 5.85. The van der Waals surface area contributed by atoms with Crippen LogP contribution in [-0.4, -0.2) is 20.4 Å². The number of rotatable bonds is 6. The summed E-state index contributed by atoms with van der Waals surface area (Å²) in [5, 5.41) is 2.72. The van der Waals surface area contributed by atoms with Gasteiger partial charge in [-0.15, -0.1) is 0 Å². The standard InChI is InChI=1S/C17H16ClFN2O3S/c18-15-8-3-12(9-16(15)25(23,24)21-14-6-7-14)17(22)20-10-11-1-4-13(19)5-2-11/h1-5,8-9,14,21H,6-7,10H2,(H,20,22). The van der Waals surface area contributed by atoms with E-state index in [1.54, 1.807) is 12.1 Å². The van der Waals surface area contributed by atoms with Gasteiger partial charge in [0.15, 0.2) is 0 Å². The zero-order valence-corrected chi connectivity index (χ0v) is 14.7. The number of amides is 1. The summed E-state index contributed by atoms with van der Waals surface area (Å²) in [7, 11) is -3.76. The molecule has 5 nitrogen and oxygen atoms in total. The third-order valence-electron chi connectivity index (χ3n) is 3.75. The van der Waals surface area contributed by atoms with Gasteiger partial charge in [0.2, 0.25) is 10.0 Å². The first-order valence-electron chi connectivity index (χ1n) is 7.70. The first kappa shape index (κ1) is 17.8.